The number of amidine groups is 1. The van der Waals surface area contributed by atoms with Crippen LogP contribution in [-0.2, 0) is 0 Å². The first kappa shape index (κ1) is 8.62. The molecule has 4 nitrogen and oxygen atoms in total. The number of nitrogens with zero attached hydrogens (tertiary/aromatic N) is 1. The van der Waals surface area contributed by atoms with E-state index >= 15 is 0 Å². The minimum Gasteiger partial charge on any atom is -0.403 e. The van der Waals surface area contributed by atoms with Crippen LogP contribution in [0.3, 0.4) is 0 Å². The van der Waals surface area contributed by atoms with E-state index in [4.69, 9.17) is 11.5 Å². The summed E-state index contributed by atoms with van der Waals surface area (Å²) < 4.78 is 0. The second-order valence-corrected chi connectivity index (χ2v) is 3.19. The van der Waals surface area contributed by atoms with Crippen LogP contribution in [0.25, 0.3) is 0 Å². The molecular formula is C10H12N4. The van der Waals surface area contributed by atoms with Crippen LogP contribution in [0.2, 0.25) is 0 Å². The zero-order valence-electron chi connectivity index (χ0n) is 7.91. The van der Waals surface area contributed by atoms with Gasteiger partial charge in [-0.1, -0.05) is 0 Å². The van der Waals surface area contributed by atoms with Crippen molar-refractivity contribution >= 4 is 17.2 Å². The summed E-state index contributed by atoms with van der Waals surface area (Å²) >= 11 is 0. The largest absolute Gasteiger partial charge is 0.403 e. The predicted octanol–water partition coefficient (Wildman–Crippen LogP) is 1.19. The van der Waals surface area contributed by atoms with E-state index in [0.29, 0.717) is 5.84 Å². The molecule has 0 unspecified atom stereocenters. The van der Waals surface area contributed by atoms with Crippen LogP contribution in [0.4, 0.5) is 11.4 Å². The minimum absolute atomic E-state index is 0.487. The molecule has 0 amide bonds. The van der Waals surface area contributed by atoms with Crippen molar-refractivity contribution in [2.24, 2.45) is 16.5 Å². The van der Waals surface area contributed by atoms with Gasteiger partial charge in [0.05, 0.1) is 11.4 Å². The van der Waals surface area contributed by atoms with Crippen molar-refractivity contribution in [1.82, 2.24) is 0 Å². The fourth-order valence-corrected chi connectivity index (χ4v) is 1.36. The Hall–Kier alpha value is -1.97. The summed E-state index contributed by atoms with van der Waals surface area (Å²) in [6.45, 7) is 2.00. The van der Waals surface area contributed by atoms with Gasteiger partial charge in [0.2, 0.25) is 0 Å². The molecule has 0 saturated heterocycles. The SMILES string of the molecule is Cc1cc2c(cc1C(N)=N/C=C\N)N2. The average Bonchev–Trinajstić information content (AvgIpc) is 2.90. The van der Waals surface area contributed by atoms with Crippen LogP contribution >= 0.6 is 0 Å². The van der Waals surface area contributed by atoms with Crippen LogP contribution < -0.4 is 16.8 Å². The van der Waals surface area contributed by atoms with Gasteiger partial charge < -0.3 is 16.8 Å². The minimum atomic E-state index is 0.487. The number of hydrogen-bond donors (Lipinski definition) is 3. The number of aryl methyl sites for hydroxylation is 1. The van der Waals surface area contributed by atoms with E-state index in [0.717, 1.165) is 16.8 Å². The van der Waals surface area contributed by atoms with Gasteiger partial charge in [0.1, 0.15) is 5.84 Å². The summed E-state index contributed by atoms with van der Waals surface area (Å²) in [6.07, 6.45) is 2.84. The van der Waals surface area contributed by atoms with E-state index in [9.17, 15) is 0 Å². The summed E-state index contributed by atoms with van der Waals surface area (Å²) in [4.78, 5) is 4.00. The highest BCUT2D eigenvalue weighted by Crippen LogP contribution is 2.40. The predicted molar refractivity (Wildman–Crippen MR) is 58.5 cm³/mol. The highest BCUT2D eigenvalue weighted by Gasteiger charge is 2.18. The molecule has 1 aromatic carbocycles. The summed E-state index contributed by atoms with van der Waals surface area (Å²) in [5, 5.41) is 3.13. The molecule has 1 aliphatic rings. The Morgan fingerprint density at radius 2 is 2.14 bits per heavy atom. The van der Waals surface area contributed by atoms with Crippen LogP contribution in [0, 0.1) is 6.92 Å². The topological polar surface area (TPSA) is 86.3 Å². The van der Waals surface area contributed by atoms with Crippen LogP contribution in [0.5, 0.6) is 0 Å². The van der Waals surface area contributed by atoms with E-state index in [1.807, 2.05) is 13.0 Å². The molecule has 5 N–H and O–H groups in total. The Labute approximate surface area is 82.3 Å². The lowest BCUT2D eigenvalue weighted by Gasteiger charge is -2.01. The van der Waals surface area contributed by atoms with Crippen molar-refractivity contribution in [2.45, 2.75) is 6.92 Å². The number of fused-ring (bicyclic) bond motifs is 1. The van der Waals surface area contributed by atoms with E-state index in [2.05, 4.69) is 16.4 Å². The maximum absolute atomic E-state index is 5.79. The molecule has 0 aliphatic carbocycles. The lowest BCUT2D eigenvalue weighted by Crippen LogP contribution is -2.13. The van der Waals surface area contributed by atoms with Crippen LogP contribution in [0.15, 0.2) is 29.5 Å². The molecule has 14 heavy (non-hydrogen) atoms. The van der Waals surface area contributed by atoms with Gasteiger partial charge in [0.25, 0.3) is 0 Å². The molecule has 1 aliphatic heterocycles. The second kappa shape index (κ2) is 3.06. The molecular weight excluding hydrogens is 176 g/mol. The fraction of sp³-hybridized carbons (Fsp3) is 0.100. The Balaban J connectivity index is 2.37. The number of benzene rings is 1. The average molecular weight is 188 g/mol. The van der Waals surface area contributed by atoms with Crippen molar-refractivity contribution in [3.8, 4) is 0 Å². The highest BCUT2D eigenvalue weighted by atomic mass is 15.0. The number of rotatable bonds is 2. The van der Waals surface area contributed by atoms with Gasteiger partial charge in [-0.2, -0.15) is 0 Å². The van der Waals surface area contributed by atoms with Gasteiger partial charge in [0.15, 0.2) is 0 Å². The first-order valence-corrected chi connectivity index (χ1v) is 4.34. The summed E-state index contributed by atoms with van der Waals surface area (Å²) in [6, 6.07) is 4.05. The van der Waals surface area contributed by atoms with Crippen molar-refractivity contribution in [3.05, 3.63) is 35.7 Å². The second-order valence-electron chi connectivity index (χ2n) is 3.19. The van der Waals surface area contributed by atoms with Gasteiger partial charge in [0, 0.05) is 18.0 Å². The zero-order valence-corrected chi connectivity index (χ0v) is 7.91. The quantitative estimate of drug-likeness (QED) is 0.376. The third-order valence-electron chi connectivity index (χ3n) is 2.15. The summed E-state index contributed by atoms with van der Waals surface area (Å²) in [7, 11) is 0. The number of nitrogens with one attached hydrogen (secondary N) is 1. The molecule has 0 bridgehead atoms. The van der Waals surface area contributed by atoms with Gasteiger partial charge in [-0.25, -0.2) is 4.99 Å². The fourth-order valence-electron chi connectivity index (χ4n) is 1.36. The van der Waals surface area contributed by atoms with Crippen molar-refractivity contribution in [2.75, 3.05) is 5.32 Å². The molecule has 2 rings (SSSR count). The molecule has 0 atom stereocenters. The third kappa shape index (κ3) is 1.42. The van der Waals surface area contributed by atoms with E-state index < -0.39 is 0 Å². The van der Waals surface area contributed by atoms with E-state index in [-0.39, 0.29) is 0 Å². The van der Waals surface area contributed by atoms with Crippen molar-refractivity contribution in [3.63, 3.8) is 0 Å². The first-order chi connectivity index (χ1) is 6.72. The van der Waals surface area contributed by atoms with Gasteiger partial charge >= 0.3 is 0 Å². The van der Waals surface area contributed by atoms with Gasteiger partial charge in [-0.05, 0) is 24.6 Å². The Kier molecular flexibility index (Phi) is 1.89. The summed E-state index contributed by atoms with van der Waals surface area (Å²) in [5.41, 5.74) is 15.3. The molecule has 1 aromatic rings. The molecule has 0 radical (unpaired) electrons. The van der Waals surface area contributed by atoms with E-state index in [1.54, 1.807) is 0 Å². The maximum Gasteiger partial charge on any atom is 0.131 e. The number of nitrogens with two attached hydrogens (primary N) is 2. The lowest BCUT2D eigenvalue weighted by atomic mass is 10.1. The summed E-state index contributed by atoms with van der Waals surface area (Å²) in [5.74, 6) is 0.487. The highest BCUT2D eigenvalue weighted by molar-refractivity contribution is 6.04. The Morgan fingerprint density at radius 1 is 1.43 bits per heavy atom. The number of hydrogen-bond acceptors (Lipinski definition) is 3. The molecule has 0 saturated carbocycles. The van der Waals surface area contributed by atoms with E-state index in [1.165, 1.54) is 18.1 Å². The zero-order chi connectivity index (χ0) is 10.1. The first-order valence-electron chi connectivity index (χ1n) is 4.34. The monoisotopic (exact) mass is 188 g/mol. The molecule has 0 spiro atoms. The van der Waals surface area contributed by atoms with Crippen molar-refractivity contribution in [1.29, 1.82) is 0 Å². The lowest BCUT2D eigenvalue weighted by molar-refractivity contribution is 1.40. The molecule has 4 heteroatoms. The van der Waals surface area contributed by atoms with Gasteiger partial charge in [-0.3, -0.25) is 0 Å². The van der Waals surface area contributed by atoms with Crippen molar-refractivity contribution < 1.29 is 0 Å². The molecule has 1 heterocycles. The van der Waals surface area contributed by atoms with Crippen LogP contribution in [-0.4, -0.2) is 5.84 Å². The Morgan fingerprint density at radius 3 is 2.86 bits per heavy atom. The standard InChI is InChI=1S/C10H12N4/c1-6-4-8-9(14-8)5-7(6)10(12)13-3-2-11/h2-5,14H,11H2,1H3,(H2,12,13)/b3-2-. The van der Waals surface area contributed by atoms with Crippen LogP contribution in [0.1, 0.15) is 11.1 Å². The molecule has 0 fully saturated rings. The Bertz CT molecular complexity index is 432. The smallest absolute Gasteiger partial charge is 0.131 e. The number of aliphatic imine (C=N–C) groups is 1. The molecule has 72 valence electrons. The number of anilines is 2. The normalized spacial score (nSPS) is 13.9. The van der Waals surface area contributed by atoms with Gasteiger partial charge in [-0.15, -0.1) is 0 Å². The maximum atomic E-state index is 5.79. The molecule has 0 aromatic heterocycles. The third-order valence-corrected chi connectivity index (χ3v) is 2.15.